The van der Waals surface area contributed by atoms with Gasteiger partial charge in [0, 0.05) is 17.7 Å². The summed E-state index contributed by atoms with van der Waals surface area (Å²) < 4.78 is 19.2. The summed E-state index contributed by atoms with van der Waals surface area (Å²) in [6.45, 7) is 8.42. The van der Waals surface area contributed by atoms with Gasteiger partial charge >= 0.3 is 0 Å². The highest BCUT2D eigenvalue weighted by atomic mass is 19.1. The average Bonchev–Trinajstić information content (AvgIpc) is 3.09. The van der Waals surface area contributed by atoms with E-state index in [2.05, 4.69) is 0 Å². The summed E-state index contributed by atoms with van der Waals surface area (Å²) in [6, 6.07) is 16.1. The van der Waals surface area contributed by atoms with Gasteiger partial charge < -0.3 is 19.8 Å². The van der Waals surface area contributed by atoms with E-state index in [4.69, 9.17) is 4.74 Å². The van der Waals surface area contributed by atoms with Crippen LogP contribution in [0.1, 0.15) is 56.0 Å². The van der Waals surface area contributed by atoms with Gasteiger partial charge in [0.2, 0.25) is 0 Å². The molecule has 0 spiro atoms. The first-order valence-corrected chi connectivity index (χ1v) is 12.1. The molecule has 3 aromatic rings. The lowest BCUT2D eigenvalue weighted by atomic mass is 9.84. The zero-order chi connectivity index (χ0) is 26.9. The van der Waals surface area contributed by atoms with Gasteiger partial charge in [-0.05, 0) is 65.9 Å². The summed E-state index contributed by atoms with van der Waals surface area (Å²) in [7, 11) is 0. The number of hydrogen-bond donors (Lipinski definition) is 2. The molecule has 7 heteroatoms. The normalized spacial score (nSPS) is 17.3. The van der Waals surface area contributed by atoms with Crippen molar-refractivity contribution < 1.29 is 28.9 Å². The molecular weight excluding hydrogens is 473 g/mol. The molecule has 1 atom stereocenters. The molecule has 2 N–H and O–H groups in total. The second-order valence-electron chi connectivity index (χ2n) is 10.0. The number of carbonyl (C=O) groups excluding carboxylic acids is 2. The van der Waals surface area contributed by atoms with E-state index < -0.39 is 23.5 Å². The number of aliphatic hydroxyl groups excluding tert-OH is 1. The minimum absolute atomic E-state index is 0.0124. The highest BCUT2D eigenvalue weighted by molar-refractivity contribution is 6.46. The van der Waals surface area contributed by atoms with Crippen molar-refractivity contribution in [3.05, 3.63) is 100 Å². The van der Waals surface area contributed by atoms with Crippen molar-refractivity contribution in [2.45, 2.75) is 45.7 Å². The fourth-order valence-corrected chi connectivity index (χ4v) is 4.57. The van der Waals surface area contributed by atoms with Gasteiger partial charge in [0.15, 0.2) is 0 Å². The van der Waals surface area contributed by atoms with Crippen LogP contribution in [0.2, 0.25) is 0 Å². The largest absolute Gasteiger partial charge is 0.508 e. The van der Waals surface area contributed by atoms with Crippen LogP contribution < -0.4 is 4.74 Å². The Balaban J connectivity index is 1.88. The number of amides is 1. The molecule has 3 aromatic carbocycles. The number of hydrogen-bond acceptors (Lipinski definition) is 5. The highest BCUT2D eigenvalue weighted by Crippen LogP contribution is 2.42. The maximum absolute atomic E-state index is 13.5. The molecule has 0 aromatic heterocycles. The Labute approximate surface area is 215 Å². The quantitative estimate of drug-likeness (QED) is 0.250. The van der Waals surface area contributed by atoms with Crippen LogP contribution >= 0.6 is 0 Å². The molecule has 0 radical (unpaired) electrons. The SMILES string of the molecule is CCOc1ccc(/C(O)=C2/C(=O)C(=O)N(Cc3ccc(F)cc3)C2c2cccc(O)c2)cc1C(C)(C)C. The van der Waals surface area contributed by atoms with Gasteiger partial charge in [0.05, 0.1) is 18.2 Å². The lowest BCUT2D eigenvalue weighted by Crippen LogP contribution is -2.29. The molecule has 1 aliphatic rings. The summed E-state index contributed by atoms with van der Waals surface area (Å²) in [5, 5.41) is 21.6. The van der Waals surface area contributed by atoms with Crippen molar-refractivity contribution >= 4 is 17.4 Å². The number of rotatable bonds is 6. The molecule has 37 heavy (non-hydrogen) atoms. The van der Waals surface area contributed by atoms with Crippen LogP contribution in [0.3, 0.4) is 0 Å². The minimum atomic E-state index is -0.957. The van der Waals surface area contributed by atoms with Crippen LogP contribution in [-0.2, 0) is 21.5 Å². The molecule has 0 bridgehead atoms. The molecule has 0 saturated carbocycles. The molecule has 1 saturated heterocycles. The number of likely N-dealkylation sites (tertiary alicyclic amines) is 1. The van der Waals surface area contributed by atoms with Gasteiger partial charge in [0.1, 0.15) is 23.1 Å². The maximum Gasteiger partial charge on any atom is 0.295 e. The Bertz CT molecular complexity index is 1370. The Morgan fingerprint density at radius 1 is 1.03 bits per heavy atom. The van der Waals surface area contributed by atoms with Crippen LogP contribution in [0.15, 0.2) is 72.3 Å². The number of phenols is 1. The molecule has 6 nitrogen and oxygen atoms in total. The van der Waals surface area contributed by atoms with Gasteiger partial charge in [-0.1, -0.05) is 45.0 Å². The number of nitrogens with zero attached hydrogens (tertiary/aromatic N) is 1. The number of halogens is 1. The number of ether oxygens (including phenoxy) is 1. The average molecular weight is 504 g/mol. The highest BCUT2D eigenvalue weighted by Gasteiger charge is 2.46. The van der Waals surface area contributed by atoms with E-state index in [9.17, 15) is 24.2 Å². The van der Waals surface area contributed by atoms with E-state index in [-0.39, 0.29) is 29.0 Å². The molecule has 1 unspecified atom stereocenters. The number of phenolic OH excluding ortho intramolecular Hbond substituents is 1. The summed E-state index contributed by atoms with van der Waals surface area (Å²) in [6.07, 6.45) is 0. The fourth-order valence-electron chi connectivity index (χ4n) is 4.57. The smallest absolute Gasteiger partial charge is 0.295 e. The fraction of sp³-hybridized carbons (Fsp3) is 0.267. The van der Waals surface area contributed by atoms with Crippen molar-refractivity contribution in [1.82, 2.24) is 4.90 Å². The van der Waals surface area contributed by atoms with Crippen LogP contribution in [0.4, 0.5) is 4.39 Å². The summed E-state index contributed by atoms with van der Waals surface area (Å²) in [5.74, 6) is -1.73. The van der Waals surface area contributed by atoms with Crippen molar-refractivity contribution in [2.24, 2.45) is 0 Å². The second-order valence-corrected chi connectivity index (χ2v) is 10.0. The zero-order valence-electron chi connectivity index (χ0n) is 21.3. The first kappa shape index (κ1) is 25.9. The van der Waals surface area contributed by atoms with Crippen molar-refractivity contribution in [3.63, 3.8) is 0 Å². The Morgan fingerprint density at radius 3 is 2.35 bits per heavy atom. The predicted octanol–water partition coefficient (Wildman–Crippen LogP) is 5.85. The topological polar surface area (TPSA) is 87.1 Å². The zero-order valence-corrected chi connectivity index (χ0v) is 21.3. The molecule has 0 aliphatic carbocycles. The number of ketones is 1. The maximum atomic E-state index is 13.5. The Hall–Kier alpha value is -4.13. The summed E-state index contributed by atoms with van der Waals surface area (Å²) >= 11 is 0. The third kappa shape index (κ3) is 5.21. The van der Waals surface area contributed by atoms with Crippen LogP contribution in [0, 0.1) is 5.82 Å². The lowest BCUT2D eigenvalue weighted by molar-refractivity contribution is -0.140. The Kier molecular flexibility index (Phi) is 7.07. The Morgan fingerprint density at radius 2 is 1.73 bits per heavy atom. The molecule has 1 heterocycles. The van der Waals surface area contributed by atoms with Crippen LogP contribution in [0.25, 0.3) is 5.76 Å². The summed E-state index contributed by atoms with van der Waals surface area (Å²) in [4.78, 5) is 27.9. The predicted molar refractivity (Wildman–Crippen MR) is 139 cm³/mol. The lowest BCUT2D eigenvalue weighted by Gasteiger charge is -2.26. The first-order valence-electron chi connectivity index (χ1n) is 12.1. The number of benzene rings is 3. The van der Waals surface area contributed by atoms with E-state index >= 15 is 0 Å². The molecule has 192 valence electrons. The van der Waals surface area contributed by atoms with Crippen molar-refractivity contribution in [3.8, 4) is 11.5 Å². The van der Waals surface area contributed by atoms with E-state index in [0.29, 0.717) is 29.0 Å². The number of carbonyl (C=O) groups is 2. The van der Waals surface area contributed by atoms with Gasteiger partial charge in [-0.2, -0.15) is 0 Å². The van der Waals surface area contributed by atoms with E-state index in [1.165, 1.54) is 41.3 Å². The molecular formula is C30H30FNO5. The van der Waals surface area contributed by atoms with Crippen molar-refractivity contribution in [1.29, 1.82) is 0 Å². The second kappa shape index (κ2) is 10.1. The van der Waals surface area contributed by atoms with Gasteiger partial charge in [0.25, 0.3) is 11.7 Å². The van der Waals surface area contributed by atoms with E-state index in [0.717, 1.165) is 5.56 Å². The third-order valence-electron chi connectivity index (χ3n) is 6.35. The molecule has 4 rings (SSSR count). The number of aliphatic hydroxyl groups is 1. The van der Waals surface area contributed by atoms with Gasteiger partial charge in [-0.3, -0.25) is 9.59 Å². The van der Waals surface area contributed by atoms with E-state index in [1.54, 1.807) is 30.3 Å². The monoisotopic (exact) mass is 503 g/mol. The number of Topliss-reactive ketones (excluding diaryl/α,β-unsaturated/α-hetero) is 1. The van der Waals surface area contributed by atoms with Crippen molar-refractivity contribution in [2.75, 3.05) is 6.61 Å². The van der Waals surface area contributed by atoms with E-state index in [1.807, 2.05) is 27.7 Å². The number of aromatic hydroxyl groups is 1. The van der Waals surface area contributed by atoms with Crippen LogP contribution in [-0.4, -0.2) is 33.4 Å². The first-order chi connectivity index (χ1) is 17.5. The third-order valence-corrected chi connectivity index (χ3v) is 6.35. The summed E-state index contributed by atoms with van der Waals surface area (Å²) in [5.41, 5.74) is 1.89. The minimum Gasteiger partial charge on any atom is -0.508 e. The van der Waals surface area contributed by atoms with Gasteiger partial charge in [-0.15, -0.1) is 0 Å². The molecule has 1 fully saturated rings. The van der Waals surface area contributed by atoms with Gasteiger partial charge in [-0.25, -0.2) is 4.39 Å². The molecule has 1 amide bonds. The molecule has 1 aliphatic heterocycles. The van der Waals surface area contributed by atoms with Crippen LogP contribution in [0.5, 0.6) is 11.5 Å². The standard InChI is InChI=1S/C30H30FNO5/c1-5-37-24-14-11-20(16-23(24)30(2,3)4)27(34)25-26(19-7-6-8-22(33)15-19)32(29(36)28(25)35)17-18-9-12-21(31)13-10-18/h6-16,26,33-34H,5,17H2,1-4H3/b27-25-.